The van der Waals surface area contributed by atoms with Gasteiger partial charge in [-0.25, -0.2) is 0 Å². The summed E-state index contributed by atoms with van der Waals surface area (Å²) in [5.74, 6) is -0.397. The molecule has 0 saturated carbocycles. The molecule has 1 rings (SSSR count). The quantitative estimate of drug-likeness (QED) is 0.651. The molecule has 0 saturated heterocycles. The summed E-state index contributed by atoms with van der Waals surface area (Å²) < 4.78 is 11.2. The molecular weight excluding hydrogens is 247 g/mol. The van der Waals surface area contributed by atoms with Gasteiger partial charge in [0, 0.05) is 4.47 Å². The molecule has 66 valence electrons. The van der Waals surface area contributed by atoms with E-state index in [1.165, 1.54) is 18.2 Å². The third-order valence-corrected chi connectivity index (χ3v) is 2.73. The normalized spacial score (nSPS) is 11.6. The van der Waals surface area contributed by atoms with Gasteiger partial charge >= 0.3 is 7.60 Å². The fourth-order valence-electron chi connectivity index (χ4n) is 0.730. The molecule has 0 bridgehead atoms. The van der Waals surface area contributed by atoms with Crippen molar-refractivity contribution >= 4 is 28.8 Å². The number of phenolic OH excluding ortho intramolecular Hbond substituents is 1. The van der Waals surface area contributed by atoms with Gasteiger partial charge in [0.2, 0.25) is 0 Å². The molecule has 0 aliphatic carbocycles. The first kappa shape index (κ1) is 9.74. The Bertz CT molecular complexity index is 345. The van der Waals surface area contributed by atoms with Crippen LogP contribution in [-0.2, 0) is 4.57 Å². The largest absolute Gasteiger partial charge is 0.507 e. The topological polar surface area (TPSA) is 77.8 Å². The van der Waals surface area contributed by atoms with Crippen LogP contribution in [0, 0.1) is 0 Å². The van der Waals surface area contributed by atoms with Crippen molar-refractivity contribution < 1.29 is 19.5 Å². The summed E-state index contributed by atoms with van der Waals surface area (Å²) >= 11 is 3.03. The van der Waals surface area contributed by atoms with Crippen LogP contribution >= 0.6 is 23.5 Å². The fourth-order valence-corrected chi connectivity index (χ4v) is 1.95. The van der Waals surface area contributed by atoms with Gasteiger partial charge in [0.05, 0.1) is 0 Å². The summed E-state index contributed by atoms with van der Waals surface area (Å²) in [6, 6.07) is 3.91. The van der Waals surface area contributed by atoms with Crippen LogP contribution in [0.25, 0.3) is 0 Å². The Morgan fingerprint density at radius 1 is 1.33 bits per heavy atom. The minimum Gasteiger partial charge on any atom is -0.507 e. The SMILES string of the molecule is O=P(O)(O)c1cc(Br)ccc1O. The lowest BCUT2D eigenvalue weighted by atomic mass is 10.3. The predicted molar refractivity (Wildman–Crippen MR) is 47.5 cm³/mol. The molecule has 0 spiro atoms. The number of phenols is 1. The Balaban J connectivity index is 3.33. The average molecular weight is 253 g/mol. The highest BCUT2D eigenvalue weighted by atomic mass is 79.9. The first-order valence-electron chi connectivity index (χ1n) is 2.96. The highest BCUT2D eigenvalue weighted by molar-refractivity contribution is 9.10. The zero-order valence-electron chi connectivity index (χ0n) is 5.81. The van der Waals surface area contributed by atoms with Crippen LogP contribution in [0.1, 0.15) is 0 Å². The summed E-state index contributed by atoms with van der Waals surface area (Å²) in [6.07, 6.45) is 0. The van der Waals surface area contributed by atoms with Crippen molar-refractivity contribution in [1.29, 1.82) is 0 Å². The predicted octanol–water partition coefficient (Wildman–Crippen LogP) is 0.958. The van der Waals surface area contributed by atoms with Gasteiger partial charge in [-0.05, 0) is 18.2 Å². The number of rotatable bonds is 1. The molecule has 0 aromatic heterocycles. The van der Waals surface area contributed by atoms with Crippen molar-refractivity contribution in [1.82, 2.24) is 0 Å². The smallest absolute Gasteiger partial charge is 0.359 e. The highest BCUT2D eigenvalue weighted by Crippen LogP contribution is 2.37. The van der Waals surface area contributed by atoms with Gasteiger partial charge in [-0.1, -0.05) is 15.9 Å². The average Bonchev–Trinajstić information content (AvgIpc) is 1.92. The van der Waals surface area contributed by atoms with Crippen LogP contribution in [0.15, 0.2) is 22.7 Å². The van der Waals surface area contributed by atoms with Gasteiger partial charge in [0.25, 0.3) is 0 Å². The zero-order valence-corrected chi connectivity index (χ0v) is 8.29. The van der Waals surface area contributed by atoms with Gasteiger partial charge in [0.1, 0.15) is 11.1 Å². The van der Waals surface area contributed by atoms with Crippen LogP contribution in [-0.4, -0.2) is 14.9 Å². The van der Waals surface area contributed by atoms with Gasteiger partial charge in [-0.3, -0.25) is 4.57 Å². The first-order chi connectivity index (χ1) is 5.41. The molecule has 3 N–H and O–H groups in total. The maximum absolute atomic E-state index is 10.7. The second-order valence-corrected chi connectivity index (χ2v) is 4.66. The van der Waals surface area contributed by atoms with E-state index in [-0.39, 0.29) is 5.30 Å². The molecule has 1 aromatic rings. The van der Waals surface area contributed by atoms with E-state index >= 15 is 0 Å². The number of aromatic hydroxyl groups is 1. The lowest BCUT2D eigenvalue weighted by Crippen LogP contribution is -2.03. The molecule has 12 heavy (non-hydrogen) atoms. The van der Waals surface area contributed by atoms with Crippen molar-refractivity contribution in [3.05, 3.63) is 22.7 Å². The Morgan fingerprint density at radius 3 is 2.33 bits per heavy atom. The lowest BCUT2D eigenvalue weighted by molar-refractivity contribution is 0.384. The molecule has 6 heteroatoms. The fraction of sp³-hybridized carbons (Fsp3) is 0. The summed E-state index contributed by atoms with van der Waals surface area (Å²) in [6.45, 7) is 0. The molecule has 1 aromatic carbocycles. The molecule has 0 atom stereocenters. The van der Waals surface area contributed by atoms with Gasteiger partial charge in [-0.2, -0.15) is 0 Å². The Morgan fingerprint density at radius 2 is 1.92 bits per heavy atom. The molecular formula is C6H6BrO4P. The minimum atomic E-state index is -4.36. The summed E-state index contributed by atoms with van der Waals surface area (Å²) in [7, 11) is -4.36. The number of hydrogen-bond donors (Lipinski definition) is 3. The van der Waals surface area contributed by atoms with E-state index < -0.39 is 13.3 Å². The second kappa shape index (κ2) is 3.18. The van der Waals surface area contributed by atoms with E-state index in [9.17, 15) is 4.57 Å². The summed E-state index contributed by atoms with van der Waals surface area (Å²) in [4.78, 5) is 17.4. The molecule has 0 amide bonds. The summed E-state index contributed by atoms with van der Waals surface area (Å²) in [5.41, 5.74) is 0. The highest BCUT2D eigenvalue weighted by Gasteiger charge is 2.21. The Hall–Kier alpha value is -0.350. The Kier molecular flexibility index (Phi) is 2.58. The van der Waals surface area contributed by atoms with E-state index in [1.54, 1.807) is 0 Å². The van der Waals surface area contributed by atoms with Crippen molar-refractivity contribution in [3.63, 3.8) is 0 Å². The maximum Gasteiger partial charge on any atom is 0.359 e. The van der Waals surface area contributed by atoms with Crippen molar-refractivity contribution in [2.45, 2.75) is 0 Å². The van der Waals surface area contributed by atoms with E-state index in [4.69, 9.17) is 14.9 Å². The monoisotopic (exact) mass is 252 g/mol. The van der Waals surface area contributed by atoms with Crippen molar-refractivity contribution in [2.24, 2.45) is 0 Å². The minimum absolute atomic E-state index is 0.364. The Labute approximate surface area is 77.1 Å². The van der Waals surface area contributed by atoms with Crippen LogP contribution in [0.2, 0.25) is 0 Å². The van der Waals surface area contributed by atoms with Gasteiger partial charge in [-0.15, -0.1) is 0 Å². The maximum atomic E-state index is 10.7. The molecule has 4 nitrogen and oxygen atoms in total. The summed E-state index contributed by atoms with van der Waals surface area (Å²) in [5, 5.41) is 8.69. The van der Waals surface area contributed by atoms with E-state index in [1.807, 2.05) is 0 Å². The van der Waals surface area contributed by atoms with E-state index in [0.717, 1.165) is 0 Å². The van der Waals surface area contributed by atoms with Crippen LogP contribution in [0.4, 0.5) is 0 Å². The molecule has 0 unspecified atom stereocenters. The molecule has 0 aliphatic heterocycles. The van der Waals surface area contributed by atoms with Gasteiger partial charge < -0.3 is 14.9 Å². The molecule has 0 aliphatic rings. The van der Waals surface area contributed by atoms with Gasteiger partial charge in [0.15, 0.2) is 0 Å². The van der Waals surface area contributed by atoms with Crippen molar-refractivity contribution in [2.75, 3.05) is 0 Å². The zero-order chi connectivity index (χ0) is 9.35. The second-order valence-electron chi connectivity index (χ2n) is 2.18. The van der Waals surface area contributed by atoms with Crippen LogP contribution < -0.4 is 5.30 Å². The number of benzene rings is 1. The van der Waals surface area contributed by atoms with E-state index in [0.29, 0.717) is 4.47 Å². The molecule has 0 fully saturated rings. The lowest BCUT2D eigenvalue weighted by Gasteiger charge is -2.05. The van der Waals surface area contributed by atoms with Crippen LogP contribution in [0.5, 0.6) is 5.75 Å². The number of halogens is 1. The molecule has 0 radical (unpaired) electrons. The molecule has 0 heterocycles. The van der Waals surface area contributed by atoms with E-state index in [2.05, 4.69) is 15.9 Å². The standard InChI is InChI=1S/C6H6BrO4P/c7-4-1-2-5(8)6(3-4)12(9,10)11/h1-3,8H,(H2,9,10,11). The third-order valence-electron chi connectivity index (χ3n) is 1.25. The van der Waals surface area contributed by atoms with Crippen molar-refractivity contribution in [3.8, 4) is 5.75 Å². The third kappa shape index (κ3) is 2.08. The number of hydrogen-bond acceptors (Lipinski definition) is 2. The first-order valence-corrected chi connectivity index (χ1v) is 5.36. The van der Waals surface area contributed by atoms with Crippen LogP contribution in [0.3, 0.4) is 0 Å².